The first-order chi connectivity index (χ1) is 14.5. The second-order valence-electron chi connectivity index (χ2n) is 7.70. The first-order valence-electron chi connectivity index (χ1n) is 10.8. The van der Waals surface area contributed by atoms with Crippen molar-refractivity contribution in [3.05, 3.63) is 65.9 Å². The van der Waals surface area contributed by atoms with E-state index in [0.717, 1.165) is 31.3 Å². The zero-order valence-electron chi connectivity index (χ0n) is 18.0. The normalized spacial score (nSPS) is 22.8. The first-order valence-corrected chi connectivity index (χ1v) is 12.2. The standard InChI is InChI=1S/C24H31NO4S/c1-4-10-18(11-5-2)20-14-15-22-23(20)21(24(26)29-6-3)16-17-25(22)30(27,28)19-12-8-7-9-13-19/h7-9,12-17,21-23H,4-6,10-11H2,1-3H3/t21-,22-,23-/m1/s1. The van der Waals surface area contributed by atoms with Gasteiger partial charge in [-0.3, -0.25) is 9.10 Å². The summed E-state index contributed by atoms with van der Waals surface area (Å²) in [4.78, 5) is 13.0. The van der Waals surface area contributed by atoms with Crippen LogP contribution in [0.25, 0.3) is 0 Å². The molecule has 2 aliphatic rings. The lowest BCUT2D eigenvalue weighted by atomic mass is 9.79. The van der Waals surface area contributed by atoms with Crippen LogP contribution in [-0.4, -0.2) is 31.3 Å². The quantitative estimate of drug-likeness (QED) is 0.555. The fraction of sp³-hybridized carbons (Fsp3) is 0.458. The summed E-state index contributed by atoms with van der Waals surface area (Å²) in [6, 6.07) is 8.00. The number of ether oxygens (including phenoxy) is 1. The van der Waals surface area contributed by atoms with E-state index in [9.17, 15) is 13.2 Å². The van der Waals surface area contributed by atoms with Crippen molar-refractivity contribution in [2.24, 2.45) is 11.8 Å². The highest BCUT2D eigenvalue weighted by Crippen LogP contribution is 2.43. The minimum absolute atomic E-state index is 0.246. The lowest BCUT2D eigenvalue weighted by molar-refractivity contribution is -0.148. The van der Waals surface area contributed by atoms with E-state index in [-0.39, 0.29) is 16.8 Å². The zero-order valence-corrected chi connectivity index (χ0v) is 18.8. The molecule has 0 saturated carbocycles. The van der Waals surface area contributed by atoms with E-state index in [1.165, 1.54) is 16.1 Å². The van der Waals surface area contributed by atoms with Gasteiger partial charge < -0.3 is 4.74 Å². The number of benzene rings is 1. The maximum atomic E-state index is 13.4. The summed E-state index contributed by atoms with van der Waals surface area (Å²) in [5.74, 6) is -1.06. The molecular formula is C24H31NO4S. The molecule has 30 heavy (non-hydrogen) atoms. The number of esters is 1. The number of rotatable bonds is 8. The predicted octanol–water partition coefficient (Wildman–Crippen LogP) is 4.84. The molecule has 5 nitrogen and oxygen atoms in total. The molecule has 3 rings (SSSR count). The molecule has 0 bridgehead atoms. The van der Waals surface area contributed by atoms with Gasteiger partial charge in [0.05, 0.1) is 23.5 Å². The van der Waals surface area contributed by atoms with E-state index in [1.807, 2.05) is 12.2 Å². The molecule has 1 aliphatic heterocycles. The number of sulfonamides is 1. The van der Waals surface area contributed by atoms with Crippen LogP contribution in [0.3, 0.4) is 0 Å². The van der Waals surface area contributed by atoms with Crippen LogP contribution in [0.2, 0.25) is 0 Å². The number of nitrogens with zero attached hydrogens (tertiary/aromatic N) is 1. The van der Waals surface area contributed by atoms with E-state index in [2.05, 4.69) is 13.8 Å². The largest absolute Gasteiger partial charge is 0.466 e. The highest BCUT2D eigenvalue weighted by atomic mass is 32.2. The van der Waals surface area contributed by atoms with Crippen molar-refractivity contribution in [2.75, 3.05) is 6.61 Å². The molecule has 0 spiro atoms. The van der Waals surface area contributed by atoms with Gasteiger partial charge in [0, 0.05) is 12.1 Å². The van der Waals surface area contributed by atoms with Gasteiger partial charge >= 0.3 is 5.97 Å². The lowest BCUT2D eigenvalue weighted by Crippen LogP contribution is -2.46. The van der Waals surface area contributed by atoms with Crippen molar-refractivity contribution in [2.45, 2.75) is 57.4 Å². The van der Waals surface area contributed by atoms with Crippen LogP contribution < -0.4 is 0 Å². The Morgan fingerprint density at radius 1 is 1.03 bits per heavy atom. The zero-order chi connectivity index (χ0) is 21.7. The Bertz CT molecular complexity index is 939. The summed E-state index contributed by atoms with van der Waals surface area (Å²) in [7, 11) is -3.73. The molecule has 0 unspecified atom stereocenters. The maximum absolute atomic E-state index is 13.4. The van der Waals surface area contributed by atoms with Crippen molar-refractivity contribution in [3.8, 4) is 0 Å². The molecule has 6 heteroatoms. The van der Waals surface area contributed by atoms with Crippen LogP contribution in [0.5, 0.6) is 0 Å². The van der Waals surface area contributed by atoms with Gasteiger partial charge in [-0.2, -0.15) is 0 Å². The molecule has 1 aliphatic carbocycles. The molecule has 1 heterocycles. The van der Waals surface area contributed by atoms with Gasteiger partial charge in [0.25, 0.3) is 10.0 Å². The average Bonchev–Trinajstić information content (AvgIpc) is 3.18. The summed E-state index contributed by atoms with van der Waals surface area (Å²) in [6.45, 7) is 6.37. The van der Waals surface area contributed by atoms with E-state index >= 15 is 0 Å². The number of carbonyl (C=O) groups is 1. The molecule has 3 atom stereocenters. The molecule has 0 fully saturated rings. The molecule has 0 N–H and O–H groups in total. The number of hydrogen-bond donors (Lipinski definition) is 0. The Kier molecular flexibility index (Phi) is 7.19. The fourth-order valence-corrected chi connectivity index (χ4v) is 5.95. The second kappa shape index (κ2) is 9.65. The van der Waals surface area contributed by atoms with Gasteiger partial charge in [-0.1, -0.05) is 68.7 Å². The van der Waals surface area contributed by atoms with Crippen LogP contribution in [0.1, 0.15) is 46.5 Å². The third-order valence-corrected chi connectivity index (χ3v) is 7.50. The minimum atomic E-state index is -3.73. The molecular weight excluding hydrogens is 398 g/mol. The summed E-state index contributed by atoms with van der Waals surface area (Å²) in [5, 5.41) is 0. The first kappa shape index (κ1) is 22.3. The molecule has 1 aromatic rings. The SMILES string of the molecule is CCCC(CCC)=C1C=C[C@@H]2[C@H]1[C@H](C(=O)OCC)C=CN2S(=O)(=O)c1ccccc1. The van der Waals surface area contributed by atoms with E-state index in [4.69, 9.17) is 4.74 Å². The van der Waals surface area contributed by atoms with E-state index < -0.39 is 22.0 Å². The number of hydrogen-bond acceptors (Lipinski definition) is 4. The number of carbonyl (C=O) groups excluding carboxylic acids is 1. The van der Waals surface area contributed by atoms with Gasteiger partial charge in [0.2, 0.25) is 0 Å². The molecule has 1 aromatic carbocycles. The highest BCUT2D eigenvalue weighted by Gasteiger charge is 2.46. The van der Waals surface area contributed by atoms with E-state index in [0.29, 0.717) is 6.61 Å². The summed E-state index contributed by atoms with van der Waals surface area (Å²) < 4.78 is 33.5. The van der Waals surface area contributed by atoms with Gasteiger partial charge in [-0.25, -0.2) is 8.42 Å². The Morgan fingerprint density at radius 2 is 1.70 bits per heavy atom. The van der Waals surface area contributed by atoms with Crippen molar-refractivity contribution >= 4 is 16.0 Å². The lowest BCUT2D eigenvalue weighted by Gasteiger charge is -2.38. The van der Waals surface area contributed by atoms with Crippen LogP contribution in [0, 0.1) is 11.8 Å². The Hall–Kier alpha value is -2.34. The predicted molar refractivity (Wildman–Crippen MR) is 118 cm³/mol. The summed E-state index contributed by atoms with van der Waals surface area (Å²) >= 11 is 0. The number of fused-ring (bicyclic) bond motifs is 1. The van der Waals surface area contributed by atoms with Crippen LogP contribution in [-0.2, 0) is 19.6 Å². The minimum Gasteiger partial charge on any atom is -0.466 e. The second-order valence-corrected chi connectivity index (χ2v) is 9.54. The van der Waals surface area contributed by atoms with Gasteiger partial charge in [0.1, 0.15) is 0 Å². The maximum Gasteiger partial charge on any atom is 0.313 e. The van der Waals surface area contributed by atoms with Gasteiger partial charge in [0.15, 0.2) is 0 Å². The molecule has 0 radical (unpaired) electrons. The Morgan fingerprint density at radius 3 is 2.30 bits per heavy atom. The van der Waals surface area contributed by atoms with Crippen molar-refractivity contribution in [1.29, 1.82) is 0 Å². The smallest absolute Gasteiger partial charge is 0.313 e. The van der Waals surface area contributed by atoms with Crippen molar-refractivity contribution in [1.82, 2.24) is 4.31 Å². The topological polar surface area (TPSA) is 63.7 Å². The summed E-state index contributed by atoms with van der Waals surface area (Å²) in [6.07, 6.45) is 11.1. The highest BCUT2D eigenvalue weighted by molar-refractivity contribution is 7.89. The van der Waals surface area contributed by atoms with Crippen molar-refractivity contribution < 1.29 is 17.9 Å². The Labute approximate surface area is 180 Å². The fourth-order valence-electron chi connectivity index (χ4n) is 4.45. The third kappa shape index (κ3) is 4.24. The molecule has 0 amide bonds. The van der Waals surface area contributed by atoms with Crippen molar-refractivity contribution in [3.63, 3.8) is 0 Å². The third-order valence-electron chi connectivity index (χ3n) is 5.71. The summed E-state index contributed by atoms with van der Waals surface area (Å²) in [5.41, 5.74) is 2.41. The van der Waals surface area contributed by atoms with Crippen LogP contribution in [0.4, 0.5) is 0 Å². The monoisotopic (exact) mass is 429 g/mol. The Balaban J connectivity index is 2.08. The molecule has 0 saturated heterocycles. The molecule has 0 aromatic heterocycles. The average molecular weight is 430 g/mol. The van der Waals surface area contributed by atoms with Crippen LogP contribution >= 0.6 is 0 Å². The van der Waals surface area contributed by atoms with Gasteiger partial charge in [-0.15, -0.1) is 0 Å². The number of allylic oxidation sites excluding steroid dienone is 2. The van der Waals surface area contributed by atoms with E-state index in [1.54, 1.807) is 43.3 Å². The molecule has 162 valence electrons. The van der Waals surface area contributed by atoms with Gasteiger partial charge in [-0.05, 0) is 37.5 Å². The van der Waals surface area contributed by atoms with Crippen LogP contribution in [0.15, 0.2) is 70.8 Å².